The Morgan fingerprint density at radius 1 is 1.38 bits per heavy atom. The lowest BCUT2D eigenvalue weighted by Gasteiger charge is -2.23. The number of ether oxygens (including phenoxy) is 1. The minimum Gasteiger partial charge on any atom is -0.482 e. The zero-order chi connectivity index (χ0) is 24.6. The molecule has 1 atom stereocenters. The zero-order valence-electron chi connectivity index (χ0n) is 18.7. The van der Waals surface area contributed by atoms with Crippen LogP contribution in [0.4, 0.5) is 20.7 Å². The van der Waals surface area contributed by atoms with E-state index in [1.165, 1.54) is 27.8 Å². The molecule has 3 aromatic rings. The Balaban J connectivity index is 1.71. The molecular formula is C23H21BrFN7O2. The maximum atomic E-state index is 14.2. The first kappa shape index (κ1) is 23.4. The quantitative estimate of drug-likeness (QED) is 0.472. The third-order valence-corrected chi connectivity index (χ3v) is 5.98. The van der Waals surface area contributed by atoms with Gasteiger partial charge in [0.15, 0.2) is 11.6 Å². The molecule has 2 N–H and O–H groups in total. The monoisotopic (exact) mass is 525 g/mol. The number of rotatable bonds is 6. The molecule has 174 valence electrons. The van der Waals surface area contributed by atoms with Gasteiger partial charge >= 0.3 is 6.03 Å². The molecule has 0 fully saturated rings. The number of benzene rings is 1. The van der Waals surface area contributed by atoms with E-state index in [0.717, 1.165) is 0 Å². The lowest BCUT2D eigenvalue weighted by molar-refractivity contribution is 0.227. The molecule has 0 bridgehead atoms. The summed E-state index contributed by atoms with van der Waals surface area (Å²) in [6.07, 6.45) is 0.867. The summed E-state index contributed by atoms with van der Waals surface area (Å²) in [5.74, 6) is -0.0734. The summed E-state index contributed by atoms with van der Waals surface area (Å²) in [6, 6.07) is 7.57. The third-order valence-electron chi connectivity index (χ3n) is 5.45. The Bertz CT molecular complexity index is 1360. The van der Waals surface area contributed by atoms with Crippen LogP contribution in [0.3, 0.4) is 0 Å². The smallest absolute Gasteiger partial charge is 0.348 e. The minimum atomic E-state index is -0.682. The maximum absolute atomic E-state index is 14.2. The molecule has 0 radical (unpaired) electrons. The number of nitrogens with zero attached hydrogens (tertiary/aromatic N) is 6. The minimum absolute atomic E-state index is 0.132. The molecule has 0 saturated heterocycles. The van der Waals surface area contributed by atoms with Gasteiger partial charge in [0.2, 0.25) is 0 Å². The van der Waals surface area contributed by atoms with Crippen molar-refractivity contribution in [2.24, 2.45) is 12.0 Å². The molecule has 2 amide bonds. The van der Waals surface area contributed by atoms with Crippen LogP contribution in [0, 0.1) is 17.1 Å². The first-order valence-electron chi connectivity index (χ1n) is 10.3. The van der Waals surface area contributed by atoms with Gasteiger partial charge in [0.1, 0.15) is 23.7 Å². The number of carbonyl (C=O) groups is 1. The summed E-state index contributed by atoms with van der Waals surface area (Å²) in [7, 11) is 1.69. The van der Waals surface area contributed by atoms with Crippen molar-refractivity contribution in [1.82, 2.24) is 14.8 Å². The van der Waals surface area contributed by atoms with E-state index in [1.807, 2.05) is 0 Å². The molecule has 0 saturated carbocycles. The molecule has 2 aromatic heterocycles. The van der Waals surface area contributed by atoms with Gasteiger partial charge in [0, 0.05) is 41.0 Å². The number of urea groups is 1. The number of nitrogen functional groups attached to an aromatic ring is 1. The number of halogens is 2. The Kier molecular flexibility index (Phi) is 6.34. The van der Waals surface area contributed by atoms with Crippen molar-refractivity contribution in [1.29, 1.82) is 5.26 Å². The molecule has 9 nitrogen and oxygen atoms in total. The molecule has 4 rings (SSSR count). The largest absolute Gasteiger partial charge is 0.482 e. The van der Waals surface area contributed by atoms with E-state index in [1.54, 1.807) is 33.2 Å². The Morgan fingerprint density at radius 2 is 2.15 bits per heavy atom. The summed E-state index contributed by atoms with van der Waals surface area (Å²) in [5, 5.41) is 14.4. The molecule has 1 aliphatic rings. The summed E-state index contributed by atoms with van der Waals surface area (Å²) in [6.45, 7) is 3.80. The molecular weight excluding hydrogens is 505 g/mol. The highest BCUT2D eigenvalue weighted by Crippen LogP contribution is 2.36. The number of hydrogen-bond donors (Lipinski definition) is 1. The first-order chi connectivity index (χ1) is 16.2. The molecule has 34 heavy (non-hydrogen) atoms. The van der Waals surface area contributed by atoms with Crippen molar-refractivity contribution < 1.29 is 13.9 Å². The number of alkyl halides is 1. The second kappa shape index (κ2) is 9.23. The predicted octanol–water partition coefficient (Wildman–Crippen LogP) is 4.51. The normalized spacial score (nSPS) is 14.2. The number of nitriles is 1. The Morgan fingerprint density at radius 3 is 2.79 bits per heavy atom. The topological polar surface area (TPSA) is 122 Å². The van der Waals surface area contributed by atoms with Crippen molar-refractivity contribution in [3.05, 3.63) is 53.2 Å². The van der Waals surface area contributed by atoms with Crippen LogP contribution in [0.1, 0.15) is 36.9 Å². The van der Waals surface area contributed by atoms with E-state index in [4.69, 9.17) is 10.5 Å². The highest BCUT2D eigenvalue weighted by atomic mass is 79.9. The van der Waals surface area contributed by atoms with Gasteiger partial charge in [-0.1, -0.05) is 15.9 Å². The van der Waals surface area contributed by atoms with E-state index in [0.29, 0.717) is 51.4 Å². The van der Waals surface area contributed by atoms with Crippen molar-refractivity contribution in [2.45, 2.75) is 25.3 Å². The second-order valence-corrected chi connectivity index (χ2v) is 8.39. The van der Waals surface area contributed by atoms with E-state index >= 15 is 0 Å². The van der Waals surface area contributed by atoms with Gasteiger partial charge < -0.3 is 10.5 Å². The maximum Gasteiger partial charge on any atom is 0.348 e. The van der Waals surface area contributed by atoms with Gasteiger partial charge in [-0.25, -0.2) is 19.2 Å². The third kappa shape index (κ3) is 4.24. The van der Waals surface area contributed by atoms with Crippen LogP contribution in [0.2, 0.25) is 0 Å². The van der Waals surface area contributed by atoms with Crippen LogP contribution >= 0.6 is 15.9 Å². The molecule has 0 unspecified atom stereocenters. The highest BCUT2D eigenvalue weighted by Gasteiger charge is 2.27. The summed E-state index contributed by atoms with van der Waals surface area (Å²) in [5.41, 5.74) is 9.98. The van der Waals surface area contributed by atoms with Crippen molar-refractivity contribution >= 4 is 39.2 Å². The van der Waals surface area contributed by atoms with Gasteiger partial charge in [0.05, 0.1) is 17.9 Å². The van der Waals surface area contributed by atoms with Gasteiger partial charge in [-0.05, 0) is 38.1 Å². The number of amides is 2. The average Bonchev–Trinajstić information content (AvgIpc) is 3.32. The number of anilines is 2. The summed E-state index contributed by atoms with van der Waals surface area (Å²) >= 11 is 3.40. The van der Waals surface area contributed by atoms with Crippen LogP contribution in [-0.4, -0.2) is 33.1 Å². The molecule has 3 heterocycles. The molecule has 0 aliphatic carbocycles. The second-order valence-electron chi connectivity index (χ2n) is 7.83. The van der Waals surface area contributed by atoms with Crippen molar-refractivity contribution in [3.63, 3.8) is 0 Å². The van der Waals surface area contributed by atoms with Crippen LogP contribution < -0.4 is 15.4 Å². The average molecular weight is 526 g/mol. The number of aliphatic imine (C=N–C) groups is 1. The molecule has 1 aromatic carbocycles. The number of pyridine rings is 1. The van der Waals surface area contributed by atoms with E-state index in [-0.39, 0.29) is 11.6 Å². The number of carbonyl (C=O) groups excluding carboxylic acids is 1. The van der Waals surface area contributed by atoms with Crippen molar-refractivity contribution in [2.75, 3.05) is 17.2 Å². The number of nitrogens with two attached hydrogens (primary N) is 1. The Hall–Kier alpha value is -3.78. The number of aryl methyl sites for hydroxylation is 1. The van der Waals surface area contributed by atoms with Crippen LogP contribution in [-0.2, 0) is 12.4 Å². The van der Waals surface area contributed by atoms with E-state index in [2.05, 4.69) is 37.1 Å². The van der Waals surface area contributed by atoms with E-state index in [9.17, 15) is 14.4 Å². The molecule has 0 spiro atoms. The fourth-order valence-corrected chi connectivity index (χ4v) is 4.28. The first-order valence-corrected chi connectivity index (χ1v) is 11.4. The lowest BCUT2D eigenvalue weighted by Crippen LogP contribution is -2.27. The predicted molar refractivity (Wildman–Crippen MR) is 129 cm³/mol. The summed E-state index contributed by atoms with van der Waals surface area (Å²) < 4.78 is 21.8. The Labute approximate surface area is 203 Å². The van der Waals surface area contributed by atoms with Gasteiger partial charge in [-0.15, -0.1) is 0 Å². The number of hydrogen-bond acceptors (Lipinski definition) is 6. The van der Waals surface area contributed by atoms with Crippen LogP contribution in [0.15, 0.2) is 35.5 Å². The van der Waals surface area contributed by atoms with Crippen molar-refractivity contribution in [3.8, 4) is 22.9 Å². The van der Waals surface area contributed by atoms with Gasteiger partial charge in [0.25, 0.3) is 0 Å². The van der Waals surface area contributed by atoms with Crippen LogP contribution in [0.5, 0.6) is 5.75 Å². The fourth-order valence-electron chi connectivity index (χ4n) is 3.89. The number of aromatic nitrogens is 3. The van der Waals surface area contributed by atoms with Gasteiger partial charge in [-0.3, -0.25) is 9.58 Å². The van der Waals surface area contributed by atoms with Gasteiger partial charge in [-0.2, -0.15) is 10.4 Å². The SMILES string of the molecule is CC1=NC(=O)N(c2ccc(F)cc2[C@@H](C)Oc2cc(-c3c(CBr)nn(C)c3C#N)cnc2N)C1. The van der Waals surface area contributed by atoms with Crippen LogP contribution in [0.25, 0.3) is 11.1 Å². The zero-order valence-corrected chi connectivity index (χ0v) is 20.3. The lowest BCUT2D eigenvalue weighted by atomic mass is 10.0. The van der Waals surface area contributed by atoms with E-state index < -0.39 is 18.0 Å². The molecule has 1 aliphatic heterocycles. The molecule has 11 heteroatoms. The summed E-state index contributed by atoms with van der Waals surface area (Å²) in [4.78, 5) is 22.0. The fraction of sp³-hybridized carbons (Fsp3) is 0.261. The standard InChI is InChI=1S/C23H21BrFN7O2/c1-12-11-32(23(33)29-12)18-5-4-15(25)7-16(18)13(2)34-20-6-14(10-28-22(20)27)21-17(8-24)30-31(3)19(21)9-26/h4-7,10,13H,8,11H2,1-3H3,(H2,27,28)/t13-/m1/s1. The highest BCUT2D eigenvalue weighted by molar-refractivity contribution is 9.08.